The molecule has 1 N–H and O–H groups in total. The highest BCUT2D eigenvalue weighted by atomic mass is 127. The zero-order valence-corrected chi connectivity index (χ0v) is 16.4. The number of nitrogens with zero attached hydrogens (tertiary/aromatic N) is 5. The largest absolute Gasteiger partial charge is 0.356 e. The van der Waals surface area contributed by atoms with Gasteiger partial charge in [0.1, 0.15) is 6.54 Å². The molecule has 25 heavy (non-hydrogen) atoms. The first-order valence-electron chi connectivity index (χ1n) is 8.29. The molecule has 0 bridgehead atoms. The molecule has 4 rings (SSSR count). The van der Waals surface area contributed by atoms with Gasteiger partial charge in [0.25, 0.3) is 0 Å². The molecule has 1 aliphatic rings. The first-order chi connectivity index (χ1) is 11.9. The van der Waals surface area contributed by atoms with E-state index in [0.29, 0.717) is 6.54 Å². The van der Waals surface area contributed by atoms with Gasteiger partial charge in [-0.15, -0.1) is 34.2 Å². The highest BCUT2D eigenvalue weighted by Gasteiger charge is 2.22. The summed E-state index contributed by atoms with van der Waals surface area (Å²) in [6.45, 7) is 4.36. The quantitative estimate of drug-likeness (QED) is 0.381. The Morgan fingerprint density at radius 2 is 2.00 bits per heavy atom. The van der Waals surface area contributed by atoms with Crippen molar-refractivity contribution in [3.8, 4) is 0 Å². The topological polar surface area (TPSA) is 57.8 Å². The standard InChI is InChI=1S/C18H20N6.HI/c1-2-19-18(23-12-10-14-7-3-4-8-15(14)23)20-13-17-22-21-16-9-5-6-11-24(16)17;/h3-9,11H,2,10,12-13H2,1H3,(H,19,20);1H. The van der Waals surface area contributed by atoms with Crippen molar-refractivity contribution in [1.29, 1.82) is 0 Å². The molecule has 0 unspecified atom stereocenters. The van der Waals surface area contributed by atoms with Crippen LogP contribution in [-0.4, -0.2) is 33.6 Å². The lowest BCUT2D eigenvalue weighted by atomic mass is 10.2. The van der Waals surface area contributed by atoms with Crippen molar-refractivity contribution >= 4 is 41.3 Å². The monoisotopic (exact) mass is 448 g/mol. The molecule has 3 heterocycles. The number of anilines is 1. The van der Waals surface area contributed by atoms with Crippen molar-refractivity contribution in [2.24, 2.45) is 4.99 Å². The second kappa shape index (κ2) is 7.81. The third-order valence-corrected chi connectivity index (χ3v) is 4.23. The normalized spacial score (nSPS) is 13.6. The van der Waals surface area contributed by atoms with Gasteiger partial charge in [-0.3, -0.25) is 4.40 Å². The molecule has 1 aliphatic heterocycles. The van der Waals surface area contributed by atoms with E-state index in [0.717, 1.165) is 36.9 Å². The van der Waals surface area contributed by atoms with E-state index in [4.69, 9.17) is 4.99 Å². The molecular weight excluding hydrogens is 427 g/mol. The van der Waals surface area contributed by atoms with Crippen LogP contribution in [0.4, 0.5) is 5.69 Å². The Kier molecular flexibility index (Phi) is 5.52. The Morgan fingerprint density at radius 1 is 1.16 bits per heavy atom. The highest BCUT2D eigenvalue weighted by Crippen LogP contribution is 2.27. The number of para-hydroxylation sites is 1. The van der Waals surface area contributed by atoms with Crippen LogP contribution in [0.2, 0.25) is 0 Å². The van der Waals surface area contributed by atoms with Crippen LogP contribution in [-0.2, 0) is 13.0 Å². The van der Waals surface area contributed by atoms with E-state index in [9.17, 15) is 0 Å². The molecule has 3 aromatic rings. The Labute approximate surface area is 164 Å². The van der Waals surface area contributed by atoms with Crippen molar-refractivity contribution in [2.45, 2.75) is 19.9 Å². The number of rotatable bonds is 3. The minimum absolute atomic E-state index is 0. The zero-order valence-electron chi connectivity index (χ0n) is 14.1. The fourth-order valence-corrected chi connectivity index (χ4v) is 3.10. The lowest BCUT2D eigenvalue weighted by molar-refractivity contribution is 0.842. The molecule has 130 valence electrons. The van der Waals surface area contributed by atoms with Gasteiger partial charge in [-0.1, -0.05) is 24.3 Å². The number of nitrogens with one attached hydrogen (secondary N) is 1. The van der Waals surface area contributed by atoms with Crippen LogP contribution in [0.3, 0.4) is 0 Å². The molecule has 0 saturated carbocycles. The van der Waals surface area contributed by atoms with E-state index < -0.39 is 0 Å². The molecule has 0 aliphatic carbocycles. The maximum Gasteiger partial charge on any atom is 0.198 e. The molecule has 0 spiro atoms. The second-order valence-corrected chi connectivity index (χ2v) is 5.75. The summed E-state index contributed by atoms with van der Waals surface area (Å²) in [5.41, 5.74) is 3.46. The first-order valence-corrected chi connectivity index (χ1v) is 8.29. The van der Waals surface area contributed by atoms with Crippen molar-refractivity contribution < 1.29 is 0 Å². The molecule has 0 fully saturated rings. The maximum absolute atomic E-state index is 4.80. The van der Waals surface area contributed by atoms with E-state index in [2.05, 4.69) is 51.6 Å². The van der Waals surface area contributed by atoms with Crippen LogP contribution in [0.5, 0.6) is 0 Å². The Morgan fingerprint density at radius 3 is 2.88 bits per heavy atom. The van der Waals surface area contributed by atoms with Crippen LogP contribution in [0.1, 0.15) is 18.3 Å². The van der Waals surface area contributed by atoms with Crippen LogP contribution in [0.25, 0.3) is 5.65 Å². The van der Waals surface area contributed by atoms with Gasteiger partial charge < -0.3 is 10.2 Å². The smallest absolute Gasteiger partial charge is 0.198 e. The minimum Gasteiger partial charge on any atom is -0.356 e. The molecule has 0 atom stereocenters. The fraction of sp³-hybridized carbons (Fsp3) is 0.278. The Bertz CT molecular complexity index is 888. The lowest BCUT2D eigenvalue weighted by Crippen LogP contribution is -2.40. The van der Waals surface area contributed by atoms with Crippen molar-refractivity contribution in [2.75, 3.05) is 18.0 Å². The van der Waals surface area contributed by atoms with Crippen molar-refractivity contribution in [3.63, 3.8) is 0 Å². The number of aliphatic imine (C=N–C) groups is 1. The number of pyridine rings is 1. The number of fused-ring (bicyclic) bond motifs is 2. The molecule has 0 amide bonds. The van der Waals surface area contributed by atoms with E-state index in [1.165, 1.54) is 11.3 Å². The van der Waals surface area contributed by atoms with E-state index in [1.54, 1.807) is 0 Å². The summed E-state index contributed by atoms with van der Waals surface area (Å²) >= 11 is 0. The van der Waals surface area contributed by atoms with Gasteiger partial charge in [-0.2, -0.15) is 0 Å². The van der Waals surface area contributed by atoms with Gasteiger partial charge in [-0.05, 0) is 37.1 Å². The zero-order chi connectivity index (χ0) is 16.4. The van der Waals surface area contributed by atoms with E-state index in [1.807, 2.05) is 28.8 Å². The third-order valence-electron chi connectivity index (χ3n) is 4.23. The van der Waals surface area contributed by atoms with Gasteiger partial charge in [0.2, 0.25) is 0 Å². The lowest BCUT2D eigenvalue weighted by Gasteiger charge is -2.22. The number of benzene rings is 1. The van der Waals surface area contributed by atoms with Crippen LogP contribution < -0.4 is 10.2 Å². The molecule has 0 saturated heterocycles. The number of aromatic nitrogens is 3. The number of hydrogen-bond donors (Lipinski definition) is 1. The van der Waals surface area contributed by atoms with Gasteiger partial charge >= 0.3 is 0 Å². The summed E-state index contributed by atoms with van der Waals surface area (Å²) < 4.78 is 1.98. The summed E-state index contributed by atoms with van der Waals surface area (Å²) in [6, 6.07) is 14.4. The van der Waals surface area contributed by atoms with E-state index in [-0.39, 0.29) is 24.0 Å². The summed E-state index contributed by atoms with van der Waals surface area (Å²) in [5, 5.41) is 11.8. The fourth-order valence-electron chi connectivity index (χ4n) is 3.10. The molecule has 6 nitrogen and oxygen atoms in total. The van der Waals surface area contributed by atoms with Crippen LogP contribution in [0.15, 0.2) is 53.7 Å². The van der Waals surface area contributed by atoms with Gasteiger partial charge in [-0.25, -0.2) is 4.99 Å². The van der Waals surface area contributed by atoms with E-state index >= 15 is 0 Å². The summed E-state index contributed by atoms with van der Waals surface area (Å²) in [7, 11) is 0. The number of guanidine groups is 1. The average molecular weight is 448 g/mol. The van der Waals surface area contributed by atoms with Gasteiger partial charge in [0.05, 0.1) is 0 Å². The summed E-state index contributed by atoms with van der Waals surface area (Å²) in [4.78, 5) is 7.05. The predicted molar refractivity (Wildman–Crippen MR) is 111 cm³/mol. The maximum atomic E-state index is 4.80. The minimum atomic E-state index is 0. The second-order valence-electron chi connectivity index (χ2n) is 5.75. The number of hydrogen-bond acceptors (Lipinski definition) is 3. The van der Waals surface area contributed by atoms with Crippen molar-refractivity contribution in [3.05, 3.63) is 60.0 Å². The Balaban J connectivity index is 0.00000182. The summed E-state index contributed by atoms with van der Waals surface area (Å²) in [5.74, 6) is 1.74. The van der Waals surface area contributed by atoms with Gasteiger partial charge in [0, 0.05) is 25.0 Å². The Hall–Kier alpha value is -2.16. The first kappa shape index (κ1) is 17.7. The highest BCUT2D eigenvalue weighted by molar-refractivity contribution is 14.0. The van der Waals surface area contributed by atoms with Crippen LogP contribution >= 0.6 is 24.0 Å². The predicted octanol–water partition coefficient (Wildman–Crippen LogP) is 2.88. The van der Waals surface area contributed by atoms with Gasteiger partial charge in [0.15, 0.2) is 17.4 Å². The van der Waals surface area contributed by atoms with Crippen LogP contribution in [0, 0.1) is 0 Å². The summed E-state index contributed by atoms with van der Waals surface area (Å²) in [6.07, 6.45) is 3.02. The number of halogens is 1. The molecule has 1 aromatic carbocycles. The third kappa shape index (κ3) is 3.46. The molecule has 2 aromatic heterocycles. The molecular formula is C18H21IN6. The van der Waals surface area contributed by atoms with Crippen molar-refractivity contribution in [1.82, 2.24) is 19.9 Å². The SMILES string of the molecule is CCNC(=NCc1nnc2ccccn12)N1CCc2ccccc21.I. The molecule has 0 radical (unpaired) electrons. The average Bonchev–Trinajstić information content (AvgIpc) is 3.23. The molecule has 7 heteroatoms.